The first-order valence-corrected chi connectivity index (χ1v) is 11.6. The van der Waals surface area contributed by atoms with Gasteiger partial charge in [0.15, 0.2) is 11.5 Å². The molecule has 0 bridgehead atoms. The lowest BCUT2D eigenvalue weighted by Crippen LogP contribution is -2.51. The zero-order valence-electron chi connectivity index (χ0n) is 16.2. The van der Waals surface area contributed by atoms with Crippen LogP contribution in [0.25, 0.3) is 0 Å². The number of hydrogen-bond acceptors (Lipinski definition) is 6. The molecule has 0 N–H and O–H groups in total. The minimum Gasteiger partial charge on any atom is -0.486 e. The molecule has 154 valence electrons. The second-order valence-corrected chi connectivity index (χ2v) is 9.57. The van der Waals surface area contributed by atoms with Gasteiger partial charge in [0, 0.05) is 32.7 Å². The van der Waals surface area contributed by atoms with Gasteiger partial charge < -0.3 is 14.4 Å². The number of amides is 1. The van der Waals surface area contributed by atoms with Crippen molar-refractivity contribution in [1.29, 1.82) is 0 Å². The molecule has 3 aliphatic rings. The molecule has 1 aromatic carbocycles. The van der Waals surface area contributed by atoms with E-state index in [1.165, 1.54) is 10.6 Å². The SMILES string of the molecule is CS(=O)(=O)N1CCN(CC(=O)N2CCCC2c2ccc3c(c2)OCCO3)CC1. The van der Waals surface area contributed by atoms with E-state index in [-0.39, 0.29) is 11.9 Å². The summed E-state index contributed by atoms with van der Waals surface area (Å²) in [5.74, 6) is 1.61. The van der Waals surface area contributed by atoms with Crippen LogP contribution in [-0.4, -0.2) is 87.2 Å². The van der Waals surface area contributed by atoms with Crippen molar-refractivity contribution in [2.24, 2.45) is 0 Å². The van der Waals surface area contributed by atoms with E-state index < -0.39 is 10.0 Å². The van der Waals surface area contributed by atoms with Gasteiger partial charge in [-0.2, -0.15) is 4.31 Å². The van der Waals surface area contributed by atoms with Gasteiger partial charge in [-0.1, -0.05) is 6.07 Å². The average molecular weight is 410 g/mol. The van der Waals surface area contributed by atoms with Crippen molar-refractivity contribution in [2.45, 2.75) is 18.9 Å². The van der Waals surface area contributed by atoms with Crippen molar-refractivity contribution in [3.63, 3.8) is 0 Å². The number of likely N-dealkylation sites (tertiary alicyclic amines) is 1. The van der Waals surface area contributed by atoms with Crippen LogP contribution in [0.2, 0.25) is 0 Å². The monoisotopic (exact) mass is 409 g/mol. The molecule has 0 saturated carbocycles. The molecule has 4 rings (SSSR count). The molecule has 0 aromatic heterocycles. The fourth-order valence-electron chi connectivity index (χ4n) is 4.18. The van der Waals surface area contributed by atoms with Crippen LogP contribution in [0.4, 0.5) is 0 Å². The maximum atomic E-state index is 13.0. The van der Waals surface area contributed by atoms with Gasteiger partial charge in [0.2, 0.25) is 15.9 Å². The normalized spacial score (nSPS) is 23.8. The molecule has 3 aliphatic heterocycles. The molecule has 1 unspecified atom stereocenters. The van der Waals surface area contributed by atoms with Crippen molar-refractivity contribution in [3.8, 4) is 11.5 Å². The highest BCUT2D eigenvalue weighted by atomic mass is 32.2. The molecule has 2 fully saturated rings. The molecule has 1 aromatic rings. The molecule has 0 radical (unpaired) electrons. The van der Waals surface area contributed by atoms with Crippen LogP contribution in [0.1, 0.15) is 24.4 Å². The largest absolute Gasteiger partial charge is 0.486 e. The zero-order chi connectivity index (χ0) is 19.7. The third-order valence-electron chi connectivity index (χ3n) is 5.68. The molecule has 0 aliphatic carbocycles. The van der Waals surface area contributed by atoms with Crippen molar-refractivity contribution in [1.82, 2.24) is 14.1 Å². The third kappa shape index (κ3) is 4.11. The van der Waals surface area contributed by atoms with Crippen LogP contribution >= 0.6 is 0 Å². The summed E-state index contributed by atoms with van der Waals surface area (Å²) in [6, 6.07) is 6.00. The van der Waals surface area contributed by atoms with Crippen molar-refractivity contribution in [3.05, 3.63) is 23.8 Å². The van der Waals surface area contributed by atoms with Crippen LogP contribution in [0.5, 0.6) is 11.5 Å². The van der Waals surface area contributed by atoms with E-state index in [9.17, 15) is 13.2 Å². The Kier molecular flexibility index (Phi) is 5.48. The average Bonchev–Trinajstić information content (AvgIpc) is 3.17. The van der Waals surface area contributed by atoms with Gasteiger partial charge in [0.05, 0.1) is 18.8 Å². The summed E-state index contributed by atoms with van der Waals surface area (Å²) < 4.78 is 36.0. The molecule has 9 heteroatoms. The van der Waals surface area contributed by atoms with E-state index in [0.717, 1.165) is 36.4 Å². The lowest BCUT2D eigenvalue weighted by molar-refractivity contribution is -0.133. The van der Waals surface area contributed by atoms with Gasteiger partial charge in [-0.15, -0.1) is 0 Å². The molecule has 2 saturated heterocycles. The molecule has 0 spiro atoms. The summed E-state index contributed by atoms with van der Waals surface area (Å²) in [6.45, 7) is 4.24. The topological polar surface area (TPSA) is 79.4 Å². The van der Waals surface area contributed by atoms with Crippen molar-refractivity contribution in [2.75, 3.05) is 58.7 Å². The van der Waals surface area contributed by atoms with Gasteiger partial charge in [-0.3, -0.25) is 9.69 Å². The molecular formula is C19H27N3O5S. The maximum Gasteiger partial charge on any atom is 0.237 e. The minimum atomic E-state index is -3.16. The Hall–Kier alpha value is -1.84. The van der Waals surface area contributed by atoms with Gasteiger partial charge in [0.1, 0.15) is 13.2 Å². The van der Waals surface area contributed by atoms with Gasteiger partial charge in [-0.05, 0) is 30.5 Å². The van der Waals surface area contributed by atoms with Crippen LogP contribution in [-0.2, 0) is 14.8 Å². The number of carbonyl (C=O) groups is 1. The number of nitrogens with zero attached hydrogens (tertiary/aromatic N) is 3. The Balaban J connectivity index is 1.39. The molecule has 8 nitrogen and oxygen atoms in total. The van der Waals surface area contributed by atoms with E-state index in [1.807, 2.05) is 28.0 Å². The number of hydrogen-bond donors (Lipinski definition) is 0. The second kappa shape index (κ2) is 7.88. The standard InChI is InChI=1S/C19H27N3O5S/c1-28(24,25)21-9-7-20(8-10-21)14-19(23)22-6-2-3-16(22)15-4-5-17-18(13-15)27-12-11-26-17/h4-5,13,16H,2-3,6-12,14H2,1H3. The fourth-order valence-corrected chi connectivity index (χ4v) is 5.01. The Morgan fingerprint density at radius 3 is 2.50 bits per heavy atom. The molecular weight excluding hydrogens is 382 g/mol. The number of benzene rings is 1. The molecule has 28 heavy (non-hydrogen) atoms. The predicted octanol–water partition coefficient (Wildman–Crippen LogP) is 0.699. The van der Waals surface area contributed by atoms with Crippen LogP contribution in [0.3, 0.4) is 0 Å². The first-order chi connectivity index (χ1) is 13.4. The number of fused-ring (bicyclic) bond motifs is 1. The van der Waals surface area contributed by atoms with E-state index in [4.69, 9.17) is 9.47 Å². The molecule has 1 amide bonds. The summed E-state index contributed by atoms with van der Waals surface area (Å²) in [5.41, 5.74) is 1.08. The number of sulfonamides is 1. The maximum absolute atomic E-state index is 13.0. The summed E-state index contributed by atoms with van der Waals surface area (Å²) in [6.07, 6.45) is 3.15. The van der Waals surface area contributed by atoms with Crippen molar-refractivity contribution >= 4 is 15.9 Å². The van der Waals surface area contributed by atoms with E-state index in [1.54, 1.807) is 0 Å². The number of ether oxygens (including phenoxy) is 2. The predicted molar refractivity (Wildman–Crippen MR) is 104 cm³/mol. The number of carbonyl (C=O) groups excluding carboxylic acids is 1. The van der Waals surface area contributed by atoms with Crippen molar-refractivity contribution < 1.29 is 22.7 Å². The Labute approximate surface area is 166 Å². The van der Waals surface area contributed by atoms with Crippen LogP contribution in [0.15, 0.2) is 18.2 Å². The first-order valence-electron chi connectivity index (χ1n) is 9.78. The summed E-state index contributed by atoms with van der Waals surface area (Å²) in [5, 5.41) is 0. The highest BCUT2D eigenvalue weighted by Crippen LogP contribution is 2.38. The Bertz CT molecular complexity index is 836. The lowest BCUT2D eigenvalue weighted by atomic mass is 10.0. The second-order valence-electron chi connectivity index (χ2n) is 7.59. The Morgan fingerprint density at radius 1 is 1.07 bits per heavy atom. The summed E-state index contributed by atoms with van der Waals surface area (Å²) in [4.78, 5) is 17.0. The lowest BCUT2D eigenvalue weighted by Gasteiger charge is -2.34. The zero-order valence-corrected chi connectivity index (χ0v) is 17.0. The van der Waals surface area contributed by atoms with E-state index in [2.05, 4.69) is 0 Å². The Morgan fingerprint density at radius 2 is 1.79 bits per heavy atom. The quantitative estimate of drug-likeness (QED) is 0.728. The van der Waals surface area contributed by atoms with Crippen LogP contribution in [0, 0.1) is 0 Å². The fraction of sp³-hybridized carbons (Fsp3) is 0.632. The molecule has 3 heterocycles. The highest BCUT2D eigenvalue weighted by Gasteiger charge is 2.32. The summed E-state index contributed by atoms with van der Waals surface area (Å²) in [7, 11) is -3.16. The first kappa shape index (κ1) is 19.5. The highest BCUT2D eigenvalue weighted by molar-refractivity contribution is 7.88. The smallest absolute Gasteiger partial charge is 0.237 e. The van der Waals surface area contributed by atoms with Gasteiger partial charge >= 0.3 is 0 Å². The van der Waals surface area contributed by atoms with Gasteiger partial charge in [-0.25, -0.2) is 8.42 Å². The third-order valence-corrected chi connectivity index (χ3v) is 6.99. The minimum absolute atomic E-state index is 0.0561. The molecule has 1 atom stereocenters. The summed E-state index contributed by atoms with van der Waals surface area (Å²) >= 11 is 0. The van der Waals surface area contributed by atoms with Gasteiger partial charge in [0.25, 0.3) is 0 Å². The van der Waals surface area contributed by atoms with Crippen LogP contribution < -0.4 is 9.47 Å². The van der Waals surface area contributed by atoms with E-state index in [0.29, 0.717) is 45.9 Å². The van der Waals surface area contributed by atoms with E-state index >= 15 is 0 Å². The number of piperazine rings is 1. The number of rotatable bonds is 4.